The summed E-state index contributed by atoms with van der Waals surface area (Å²) in [5.74, 6) is 2.07. The van der Waals surface area contributed by atoms with E-state index in [9.17, 15) is 4.39 Å². The maximum atomic E-state index is 13.5. The molecule has 2 fully saturated rings. The first-order valence-electron chi connectivity index (χ1n) is 12.1. The Hall–Kier alpha value is -2.68. The van der Waals surface area contributed by atoms with Gasteiger partial charge in [-0.2, -0.15) is 0 Å². The number of rotatable bonds is 8. The number of fused-ring (bicyclic) bond motifs is 2. The van der Waals surface area contributed by atoms with E-state index in [4.69, 9.17) is 25.8 Å². The molecule has 3 aromatic rings. The predicted octanol–water partition coefficient (Wildman–Crippen LogP) is 5.44. The minimum absolute atomic E-state index is 0.0401. The summed E-state index contributed by atoms with van der Waals surface area (Å²) in [7, 11) is 1.61. The van der Waals surface area contributed by atoms with E-state index in [2.05, 4.69) is 20.2 Å². The van der Waals surface area contributed by atoms with Crippen LogP contribution in [0.25, 0.3) is 10.9 Å². The summed E-state index contributed by atoms with van der Waals surface area (Å²) in [4.78, 5) is 11.2. The van der Waals surface area contributed by atoms with Crippen molar-refractivity contribution in [1.29, 1.82) is 0 Å². The molecule has 35 heavy (non-hydrogen) atoms. The van der Waals surface area contributed by atoms with E-state index in [-0.39, 0.29) is 5.02 Å². The van der Waals surface area contributed by atoms with Gasteiger partial charge < -0.3 is 24.4 Å². The molecule has 3 heterocycles. The Morgan fingerprint density at radius 3 is 2.97 bits per heavy atom. The molecule has 1 aromatic heterocycles. The zero-order valence-electron chi connectivity index (χ0n) is 19.8. The van der Waals surface area contributed by atoms with Gasteiger partial charge in [0.05, 0.1) is 30.4 Å². The lowest BCUT2D eigenvalue weighted by Crippen LogP contribution is -2.47. The molecular formula is C26H30ClFN4O3. The number of nitrogens with zero attached hydrogens (tertiary/aromatic N) is 3. The fraction of sp³-hybridized carbons (Fsp3) is 0.462. The molecule has 5 rings (SSSR count). The van der Waals surface area contributed by atoms with Crippen LogP contribution in [-0.4, -0.2) is 60.9 Å². The second-order valence-corrected chi connectivity index (χ2v) is 9.51. The van der Waals surface area contributed by atoms with Crippen LogP contribution in [-0.2, 0) is 4.74 Å². The third-order valence-corrected chi connectivity index (χ3v) is 7.10. The van der Waals surface area contributed by atoms with Gasteiger partial charge in [-0.05, 0) is 62.4 Å². The first-order chi connectivity index (χ1) is 17.1. The molecule has 2 saturated heterocycles. The summed E-state index contributed by atoms with van der Waals surface area (Å²) in [5.41, 5.74) is 1.33. The molecule has 0 aliphatic carbocycles. The van der Waals surface area contributed by atoms with E-state index in [1.165, 1.54) is 37.7 Å². The fourth-order valence-electron chi connectivity index (χ4n) is 4.95. The molecule has 2 aromatic carbocycles. The topological polar surface area (TPSA) is 68.7 Å². The van der Waals surface area contributed by atoms with E-state index in [1.807, 2.05) is 12.1 Å². The lowest BCUT2D eigenvalue weighted by molar-refractivity contribution is -0.0694. The Balaban J connectivity index is 1.25. The number of benzene rings is 2. The normalized spacial score (nSPS) is 20.4. The maximum Gasteiger partial charge on any atom is 0.162 e. The minimum atomic E-state index is -0.471. The highest BCUT2D eigenvalue weighted by Crippen LogP contribution is 2.35. The highest BCUT2D eigenvalue weighted by Gasteiger charge is 2.31. The van der Waals surface area contributed by atoms with E-state index >= 15 is 0 Å². The number of hydrogen-bond acceptors (Lipinski definition) is 7. The summed E-state index contributed by atoms with van der Waals surface area (Å²) in [6.07, 6.45) is 6.48. The number of aromatic nitrogens is 2. The molecule has 0 saturated carbocycles. The van der Waals surface area contributed by atoms with Crippen molar-refractivity contribution in [2.75, 3.05) is 45.3 Å². The van der Waals surface area contributed by atoms with Gasteiger partial charge in [-0.1, -0.05) is 11.6 Å². The third-order valence-electron chi connectivity index (χ3n) is 6.81. The molecule has 2 aliphatic heterocycles. The van der Waals surface area contributed by atoms with Crippen molar-refractivity contribution in [3.63, 3.8) is 0 Å². The van der Waals surface area contributed by atoms with Crippen LogP contribution in [0, 0.1) is 11.7 Å². The van der Waals surface area contributed by atoms with E-state index in [0.29, 0.717) is 41.2 Å². The number of nitrogens with one attached hydrogen (secondary N) is 1. The number of hydrogen-bond donors (Lipinski definition) is 1. The molecule has 2 unspecified atom stereocenters. The zero-order chi connectivity index (χ0) is 24.2. The van der Waals surface area contributed by atoms with Crippen LogP contribution >= 0.6 is 11.6 Å². The third kappa shape index (κ3) is 5.60. The van der Waals surface area contributed by atoms with Crippen LogP contribution in [0.15, 0.2) is 36.7 Å². The number of likely N-dealkylation sites (tertiary alicyclic amines) is 1. The average molecular weight is 501 g/mol. The van der Waals surface area contributed by atoms with E-state index in [0.717, 1.165) is 44.0 Å². The van der Waals surface area contributed by atoms with Gasteiger partial charge in [-0.3, -0.25) is 0 Å². The van der Waals surface area contributed by atoms with E-state index in [1.54, 1.807) is 13.2 Å². The molecule has 9 heteroatoms. The minimum Gasteiger partial charge on any atom is -0.493 e. The van der Waals surface area contributed by atoms with Gasteiger partial charge in [0.1, 0.15) is 18.0 Å². The molecule has 2 aliphatic rings. The van der Waals surface area contributed by atoms with Gasteiger partial charge in [0.25, 0.3) is 0 Å². The number of halogens is 2. The van der Waals surface area contributed by atoms with Crippen molar-refractivity contribution in [3.8, 4) is 11.5 Å². The number of methoxy groups -OCH3 is 1. The number of piperidine rings is 1. The molecule has 0 spiro atoms. The van der Waals surface area contributed by atoms with Gasteiger partial charge in [0.2, 0.25) is 0 Å². The SMILES string of the molecule is COc1cc2ncnc(Nc3ccc(F)c(Cl)c3)c2cc1OCCCN1CCC2CCCOC2C1. The summed E-state index contributed by atoms with van der Waals surface area (Å²) >= 11 is 5.93. The second kappa shape index (κ2) is 10.9. The first kappa shape index (κ1) is 24.0. The molecule has 0 bridgehead atoms. The summed E-state index contributed by atoms with van der Waals surface area (Å²) in [6, 6.07) is 8.15. The molecule has 7 nitrogen and oxygen atoms in total. The van der Waals surface area contributed by atoms with Crippen molar-refractivity contribution in [2.24, 2.45) is 5.92 Å². The van der Waals surface area contributed by atoms with Crippen LogP contribution in [0.5, 0.6) is 11.5 Å². The monoisotopic (exact) mass is 500 g/mol. The van der Waals surface area contributed by atoms with Gasteiger partial charge in [0, 0.05) is 36.8 Å². The van der Waals surface area contributed by atoms with Crippen LogP contribution in [0.4, 0.5) is 15.9 Å². The molecule has 0 amide bonds. The van der Waals surface area contributed by atoms with Crippen molar-refractivity contribution in [2.45, 2.75) is 31.8 Å². The van der Waals surface area contributed by atoms with Crippen LogP contribution in [0.2, 0.25) is 5.02 Å². The highest BCUT2D eigenvalue weighted by atomic mass is 35.5. The molecule has 2 atom stereocenters. The molecular weight excluding hydrogens is 471 g/mol. The Morgan fingerprint density at radius 1 is 1.20 bits per heavy atom. The molecule has 186 valence electrons. The van der Waals surface area contributed by atoms with Crippen molar-refractivity contribution in [1.82, 2.24) is 14.9 Å². The quantitative estimate of drug-likeness (QED) is 0.413. The molecule has 0 radical (unpaired) electrons. The number of ether oxygens (including phenoxy) is 3. The second-order valence-electron chi connectivity index (χ2n) is 9.10. The fourth-order valence-corrected chi connectivity index (χ4v) is 5.13. The van der Waals surface area contributed by atoms with Gasteiger partial charge in [-0.15, -0.1) is 0 Å². The smallest absolute Gasteiger partial charge is 0.162 e. The largest absolute Gasteiger partial charge is 0.493 e. The lowest BCUT2D eigenvalue weighted by atomic mass is 9.88. The van der Waals surface area contributed by atoms with Gasteiger partial charge in [0.15, 0.2) is 11.5 Å². The predicted molar refractivity (Wildman–Crippen MR) is 134 cm³/mol. The van der Waals surface area contributed by atoms with Crippen LogP contribution in [0.1, 0.15) is 25.7 Å². The Morgan fingerprint density at radius 2 is 2.11 bits per heavy atom. The summed E-state index contributed by atoms with van der Waals surface area (Å²) < 4.78 is 31.2. The first-order valence-corrected chi connectivity index (χ1v) is 12.5. The number of anilines is 2. The lowest BCUT2D eigenvalue weighted by Gasteiger charge is -2.41. The zero-order valence-corrected chi connectivity index (χ0v) is 20.6. The average Bonchev–Trinajstić information content (AvgIpc) is 2.88. The standard InChI is InChI=1S/C26H30ClFN4O3/c1-33-23-14-22-19(26(30-16-29-22)31-18-5-6-21(28)20(27)12-18)13-24(23)34-11-3-8-32-9-7-17-4-2-10-35-25(17)15-32/h5-6,12-14,16-17,25H,2-4,7-11,15H2,1H3,(H,29,30,31). The Bertz CT molecular complexity index is 1180. The highest BCUT2D eigenvalue weighted by molar-refractivity contribution is 6.31. The van der Waals surface area contributed by atoms with Crippen molar-refractivity contribution < 1.29 is 18.6 Å². The van der Waals surface area contributed by atoms with Crippen molar-refractivity contribution in [3.05, 3.63) is 47.5 Å². The van der Waals surface area contributed by atoms with Crippen LogP contribution < -0.4 is 14.8 Å². The Kier molecular flexibility index (Phi) is 7.51. The summed E-state index contributed by atoms with van der Waals surface area (Å²) in [6.45, 7) is 4.59. The van der Waals surface area contributed by atoms with E-state index < -0.39 is 5.82 Å². The Labute approximate surface area is 209 Å². The molecule has 1 N–H and O–H groups in total. The summed E-state index contributed by atoms with van der Waals surface area (Å²) in [5, 5.41) is 4.00. The van der Waals surface area contributed by atoms with Gasteiger partial charge >= 0.3 is 0 Å². The van der Waals surface area contributed by atoms with Crippen LogP contribution in [0.3, 0.4) is 0 Å². The van der Waals surface area contributed by atoms with Crippen molar-refractivity contribution >= 4 is 34.0 Å². The maximum absolute atomic E-state index is 13.5. The van der Waals surface area contributed by atoms with Gasteiger partial charge in [-0.25, -0.2) is 14.4 Å².